The van der Waals surface area contributed by atoms with Crippen LogP contribution in [0.3, 0.4) is 0 Å². The zero-order valence-electron chi connectivity index (χ0n) is 19.2. The smallest absolute Gasteiger partial charge is 0.491 e. The first-order valence-corrected chi connectivity index (χ1v) is 11.0. The van der Waals surface area contributed by atoms with Crippen molar-refractivity contribution in [1.82, 2.24) is 9.97 Å². The van der Waals surface area contributed by atoms with Gasteiger partial charge >= 0.3 is 12.1 Å². The predicted molar refractivity (Wildman–Crippen MR) is 126 cm³/mol. The molecule has 0 radical (unpaired) electrons. The van der Waals surface area contributed by atoms with Gasteiger partial charge in [0.1, 0.15) is 17.2 Å². The van der Waals surface area contributed by atoms with Gasteiger partial charge in [0.2, 0.25) is 0 Å². The molecule has 3 heterocycles. The number of ether oxygens (including phenoxy) is 3. The highest BCUT2D eigenvalue weighted by Gasteiger charge is 2.45. The van der Waals surface area contributed by atoms with Gasteiger partial charge in [-0.05, 0) is 61.5 Å². The Balaban J connectivity index is 1.60. The summed E-state index contributed by atoms with van der Waals surface area (Å²) in [5, 5.41) is 0.663. The minimum atomic E-state index is -5.12. The molecule has 0 saturated heterocycles. The SMILES string of the molecule is COc1ccc2nc(C)c3c(c2c1)N(c1ccc(Oc2cccnc2)cc1)C(OC(=O)C(F)(F)F)C3. The molecule has 1 aliphatic heterocycles. The summed E-state index contributed by atoms with van der Waals surface area (Å²) in [6.45, 7) is 1.78. The molecule has 1 atom stereocenters. The van der Waals surface area contributed by atoms with Crippen molar-refractivity contribution in [3.05, 3.63) is 78.2 Å². The number of aryl methyl sites for hydroxylation is 1. The normalized spacial score (nSPS) is 15.0. The van der Waals surface area contributed by atoms with Crippen LogP contribution in [0.4, 0.5) is 24.5 Å². The first kappa shape index (κ1) is 23.4. The average molecular weight is 495 g/mol. The van der Waals surface area contributed by atoms with Gasteiger partial charge in [0.25, 0.3) is 0 Å². The number of aromatic nitrogens is 2. The second kappa shape index (κ2) is 9.03. The average Bonchev–Trinajstić information content (AvgIpc) is 3.24. The van der Waals surface area contributed by atoms with Gasteiger partial charge in [0.05, 0.1) is 24.5 Å². The summed E-state index contributed by atoms with van der Waals surface area (Å²) in [5.74, 6) is -0.651. The molecule has 2 aromatic carbocycles. The highest BCUT2D eigenvalue weighted by Crippen LogP contribution is 2.45. The van der Waals surface area contributed by atoms with E-state index in [1.807, 2.05) is 0 Å². The number of hydrogen-bond donors (Lipinski definition) is 0. The first-order chi connectivity index (χ1) is 17.2. The van der Waals surface area contributed by atoms with Crippen molar-refractivity contribution >= 4 is 28.2 Å². The van der Waals surface area contributed by atoms with E-state index in [0.29, 0.717) is 50.8 Å². The van der Waals surface area contributed by atoms with Crippen LogP contribution in [0.5, 0.6) is 17.2 Å². The van der Waals surface area contributed by atoms with E-state index in [-0.39, 0.29) is 6.42 Å². The number of halogens is 3. The summed E-state index contributed by atoms with van der Waals surface area (Å²) in [6, 6.07) is 15.5. The zero-order chi connectivity index (χ0) is 25.4. The fourth-order valence-corrected chi connectivity index (χ4v) is 4.24. The number of rotatable bonds is 5. The Morgan fingerprint density at radius 1 is 1.06 bits per heavy atom. The predicted octanol–water partition coefficient (Wildman–Crippen LogP) is 5.86. The topological polar surface area (TPSA) is 73.8 Å². The molecule has 0 aliphatic carbocycles. The Hall–Kier alpha value is -4.34. The number of carbonyl (C=O) groups excluding carboxylic acids is 1. The van der Waals surface area contributed by atoms with E-state index in [2.05, 4.69) is 9.97 Å². The molecule has 0 bridgehead atoms. The number of hydrogen-bond acceptors (Lipinski definition) is 7. The van der Waals surface area contributed by atoms with Crippen LogP contribution in [0.1, 0.15) is 11.3 Å². The van der Waals surface area contributed by atoms with Crippen molar-refractivity contribution in [2.45, 2.75) is 25.7 Å². The van der Waals surface area contributed by atoms with E-state index in [1.165, 1.54) is 7.11 Å². The first-order valence-electron chi connectivity index (χ1n) is 11.0. The lowest BCUT2D eigenvalue weighted by atomic mass is 10.1. The Morgan fingerprint density at radius 2 is 1.81 bits per heavy atom. The lowest BCUT2D eigenvalue weighted by molar-refractivity contribution is -0.204. The maximum atomic E-state index is 13.1. The van der Waals surface area contributed by atoms with Crippen LogP contribution in [0, 0.1) is 6.92 Å². The van der Waals surface area contributed by atoms with Crippen molar-refractivity contribution < 1.29 is 32.2 Å². The van der Waals surface area contributed by atoms with Crippen LogP contribution < -0.4 is 14.4 Å². The summed E-state index contributed by atoms with van der Waals surface area (Å²) in [6.07, 6.45) is -3.12. The summed E-state index contributed by atoms with van der Waals surface area (Å²) < 4.78 is 55.4. The van der Waals surface area contributed by atoms with E-state index in [1.54, 1.807) is 78.8 Å². The van der Waals surface area contributed by atoms with Crippen LogP contribution in [-0.4, -0.2) is 35.5 Å². The molecule has 0 saturated carbocycles. The molecule has 0 fully saturated rings. The lowest BCUT2D eigenvalue weighted by Crippen LogP contribution is -2.37. The maximum Gasteiger partial charge on any atom is 0.491 e. The molecule has 7 nitrogen and oxygen atoms in total. The number of methoxy groups -OCH3 is 1. The molecule has 184 valence electrons. The molecule has 1 aliphatic rings. The molecule has 36 heavy (non-hydrogen) atoms. The number of carbonyl (C=O) groups is 1. The Labute approximate surface area is 204 Å². The second-order valence-corrected chi connectivity index (χ2v) is 8.12. The van der Waals surface area contributed by atoms with E-state index in [9.17, 15) is 18.0 Å². The summed E-state index contributed by atoms with van der Waals surface area (Å²) in [5.41, 5.74) is 3.08. The third kappa shape index (κ3) is 4.37. The number of esters is 1. The Bertz CT molecular complexity index is 1430. The van der Waals surface area contributed by atoms with Crippen molar-refractivity contribution in [3.8, 4) is 17.2 Å². The van der Waals surface area contributed by atoms with Gasteiger partial charge < -0.3 is 19.1 Å². The van der Waals surface area contributed by atoms with Crippen LogP contribution in [0.15, 0.2) is 67.0 Å². The molecule has 10 heteroatoms. The molecule has 0 amide bonds. The van der Waals surface area contributed by atoms with Gasteiger partial charge in [-0.2, -0.15) is 13.2 Å². The van der Waals surface area contributed by atoms with E-state index in [4.69, 9.17) is 14.2 Å². The van der Waals surface area contributed by atoms with E-state index in [0.717, 1.165) is 0 Å². The van der Waals surface area contributed by atoms with Crippen molar-refractivity contribution in [2.75, 3.05) is 12.0 Å². The molecule has 0 spiro atoms. The Kier molecular flexibility index (Phi) is 5.87. The quantitative estimate of drug-likeness (QED) is 0.321. The second-order valence-electron chi connectivity index (χ2n) is 8.12. The largest absolute Gasteiger partial charge is 0.497 e. The molecule has 0 N–H and O–H groups in total. The Morgan fingerprint density at radius 3 is 2.47 bits per heavy atom. The highest BCUT2D eigenvalue weighted by molar-refractivity contribution is 5.98. The van der Waals surface area contributed by atoms with Crippen LogP contribution >= 0.6 is 0 Å². The zero-order valence-corrected chi connectivity index (χ0v) is 19.2. The summed E-state index contributed by atoms with van der Waals surface area (Å²) in [7, 11) is 1.52. The van der Waals surface area contributed by atoms with Gasteiger partial charge in [0.15, 0.2) is 6.23 Å². The minimum absolute atomic E-state index is 0.0388. The fourth-order valence-electron chi connectivity index (χ4n) is 4.24. The fraction of sp³-hybridized carbons (Fsp3) is 0.192. The van der Waals surface area contributed by atoms with Gasteiger partial charge in [-0.3, -0.25) is 9.97 Å². The number of pyridine rings is 2. The highest BCUT2D eigenvalue weighted by atomic mass is 19.4. The maximum absolute atomic E-state index is 13.1. The summed E-state index contributed by atoms with van der Waals surface area (Å²) in [4.78, 5) is 22.0. The number of nitrogens with zero attached hydrogens (tertiary/aromatic N) is 3. The molecule has 2 aromatic heterocycles. The number of anilines is 2. The van der Waals surface area contributed by atoms with E-state index >= 15 is 0 Å². The van der Waals surface area contributed by atoms with Gasteiger partial charge in [-0.25, -0.2) is 4.79 Å². The third-order valence-corrected chi connectivity index (χ3v) is 5.84. The number of alkyl halides is 3. The van der Waals surface area contributed by atoms with E-state index < -0.39 is 18.4 Å². The van der Waals surface area contributed by atoms with Crippen LogP contribution in [0.25, 0.3) is 10.9 Å². The summed E-state index contributed by atoms with van der Waals surface area (Å²) >= 11 is 0. The van der Waals surface area contributed by atoms with Gasteiger partial charge in [-0.1, -0.05) is 0 Å². The standard InChI is InChI=1S/C26H20F3N3O4/c1-15-20-13-23(36-25(33)26(27,28)29)32(24(20)21-12-18(34-2)9-10-22(21)31-15)16-5-7-17(8-6-16)35-19-4-3-11-30-14-19/h3-12,14,23H,13H2,1-2H3. The van der Waals surface area contributed by atoms with Crippen molar-refractivity contribution in [3.63, 3.8) is 0 Å². The lowest BCUT2D eigenvalue weighted by Gasteiger charge is -2.28. The molecule has 1 unspecified atom stereocenters. The molecule has 4 aromatic rings. The van der Waals surface area contributed by atoms with Crippen molar-refractivity contribution in [2.24, 2.45) is 0 Å². The molecule has 5 rings (SSSR count). The monoisotopic (exact) mass is 495 g/mol. The van der Waals surface area contributed by atoms with Crippen LogP contribution in [0.2, 0.25) is 0 Å². The molecular formula is C26H20F3N3O4. The van der Waals surface area contributed by atoms with Crippen LogP contribution in [-0.2, 0) is 16.0 Å². The van der Waals surface area contributed by atoms with Gasteiger partial charge in [0, 0.05) is 34.9 Å². The van der Waals surface area contributed by atoms with Gasteiger partial charge in [-0.15, -0.1) is 0 Å². The number of benzene rings is 2. The van der Waals surface area contributed by atoms with Crippen molar-refractivity contribution in [1.29, 1.82) is 0 Å². The minimum Gasteiger partial charge on any atom is -0.497 e. The number of fused-ring (bicyclic) bond motifs is 3. The molecular weight excluding hydrogens is 475 g/mol. The third-order valence-electron chi connectivity index (χ3n) is 5.84.